The minimum absolute atomic E-state index is 0.0955. The van der Waals surface area contributed by atoms with Crippen molar-refractivity contribution >= 4 is 28.1 Å². The van der Waals surface area contributed by atoms with E-state index < -0.39 is 11.6 Å². The molecule has 164 valence electrons. The van der Waals surface area contributed by atoms with Crippen molar-refractivity contribution in [3.05, 3.63) is 60.4 Å². The first-order chi connectivity index (χ1) is 15.5. The third kappa shape index (κ3) is 3.71. The molecule has 0 unspecified atom stereocenters. The monoisotopic (exact) mass is 437 g/mol. The summed E-state index contributed by atoms with van der Waals surface area (Å²) in [6.07, 6.45) is 4.39. The van der Waals surface area contributed by atoms with Gasteiger partial charge in [-0.25, -0.2) is 18.7 Å². The third-order valence-electron chi connectivity index (χ3n) is 5.69. The Kier molecular flexibility index (Phi) is 5.10. The number of rotatable bonds is 4. The van der Waals surface area contributed by atoms with Crippen molar-refractivity contribution in [3.63, 3.8) is 0 Å². The first-order valence-corrected chi connectivity index (χ1v) is 10.3. The minimum atomic E-state index is -0.725. The number of pyridine rings is 2. The Morgan fingerprint density at radius 1 is 1.09 bits per heavy atom. The molecule has 1 aromatic carbocycles. The summed E-state index contributed by atoms with van der Waals surface area (Å²) in [5.41, 5.74) is 1.56. The predicted octanol–water partition coefficient (Wildman–Crippen LogP) is 4.31. The maximum absolute atomic E-state index is 14.4. The van der Waals surface area contributed by atoms with E-state index in [0.29, 0.717) is 22.4 Å². The van der Waals surface area contributed by atoms with Crippen molar-refractivity contribution in [2.24, 2.45) is 0 Å². The fourth-order valence-electron chi connectivity index (χ4n) is 4.01. The second-order valence-corrected chi connectivity index (χ2v) is 7.79. The summed E-state index contributed by atoms with van der Waals surface area (Å²) in [6, 6.07) is 8.83. The third-order valence-corrected chi connectivity index (χ3v) is 5.69. The molecule has 1 aliphatic rings. The molecule has 1 fully saturated rings. The summed E-state index contributed by atoms with van der Waals surface area (Å²) < 4.78 is 28.7. The van der Waals surface area contributed by atoms with Crippen molar-refractivity contribution in [3.8, 4) is 17.1 Å². The Hall–Kier alpha value is -3.72. The number of nitrogens with zero attached hydrogens (tertiary/aromatic N) is 3. The lowest BCUT2D eigenvalue weighted by atomic mass is 10.1. The molecule has 0 bridgehead atoms. The number of aromatic hydroxyl groups is 1. The van der Waals surface area contributed by atoms with Gasteiger partial charge in [0, 0.05) is 19.3 Å². The van der Waals surface area contributed by atoms with E-state index in [0.717, 1.165) is 31.6 Å². The van der Waals surface area contributed by atoms with Crippen LogP contribution in [0, 0.1) is 11.6 Å². The zero-order chi connectivity index (χ0) is 22.2. The van der Waals surface area contributed by atoms with Gasteiger partial charge in [-0.3, -0.25) is 0 Å². The van der Waals surface area contributed by atoms with Crippen molar-refractivity contribution in [1.82, 2.24) is 15.0 Å². The highest BCUT2D eigenvalue weighted by atomic mass is 19.1. The number of H-pyrrole nitrogens is 1. The van der Waals surface area contributed by atoms with Crippen molar-refractivity contribution in [2.75, 3.05) is 23.3 Å². The largest absolute Gasteiger partial charge is 0.494 e. The number of nitrogens with one attached hydrogen (secondary N) is 2. The van der Waals surface area contributed by atoms with Gasteiger partial charge in [-0.2, -0.15) is 0 Å². The highest BCUT2D eigenvalue weighted by Crippen LogP contribution is 2.36. The summed E-state index contributed by atoms with van der Waals surface area (Å²) >= 11 is 0. The molecule has 1 saturated heterocycles. The molecule has 32 heavy (non-hydrogen) atoms. The van der Waals surface area contributed by atoms with Crippen LogP contribution in [0.15, 0.2) is 48.8 Å². The number of aliphatic hydroxyl groups is 1. The molecular weight excluding hydrogens is 416 g/mol. The maximum Gasteiger partial charge on any atom is 0.200 e. The van der Waals surface area contributed by atoms with E-state index in [1.165, 1.54) is 30.5 Å². The van der Waals surface area contributed by atoms with Crippen LogP contribution in [0.4, 0.5) is 26.0 Å². The Labute approximate surface area is 182 Å². The number of aliphatic hydroxyl groups excluding tert-OH is 1. The van der Waals surface area contributed by atoms with Gasteiger partial charge < -0.3 is 25.4 Å². The van der Waals surface area contributed by atoms with E-state index in [2.05, 4.69) is 25.2 Å². The van der Waals surface area contributed by atoms with E-state index in [1.54, 1.807) is 12.3 Å². The zero-order valence-electron chi connectivity index (χ0n) is 17.0. The van der Waals surface area contributed by atoms with Gasteiger partial charge >= 0.3 is 0 Å². The lowest BCUT2D eigenvalue weighted by molar-refractivity contribution is 0.145. The summed E-state index contributed by atoms with van der Waals surface area (Å²) in [4.78, 5) is 13.6. The molecule has 9 heteroatoms. The Balaban J connectivity index is 1.49. The predicted molar refractivity (Wildman–Crippen MR) is 118 cm³/mol. The fourth-order valence-corrected chi connectivity index (χ4v) is 4.01. The topological polar surface area (TPSA) is 97.3 Å². The van der Waals surface area contributed by atoms with E-state index in [4.69, 9.17) is 0 Å². The molecular formula is C23H21F2N5O2. The summed E-state index contributed by atoms with van der Waals surface area (Å²) in [7, 11) is 0. The number of aromatic amines is 1. The van der Waals surface area contributed by atoms with Gasteiger partial charge in [0.15, 0.2) is 5.88 Å². The van der Waals surface area contributed by atoms with E-state index in [1.807, 2.05) is 6.07 Å². The first-order valence-electron chi connectivity index (χ1n) is 10.3. The molecule has 5 rings (SSSR count). The Bertz CT molecular complexity index is 1250. The summed E-state index contributed by atoms with van der Waals surface area (Å²) in [5, 5.41) is 23.4. The fraction of sp³-hybridized carbons (Fsp3) is 0.217. The van der Waals surface area contributed by atoms with Crippen LogP contribution >= 0.6 is 0 Å². The zero-order valence-corrected chi connectivity index (χ0v) is 17.0. The number of piperidine rings is 1. The molecule has 4 aromatic rings. The molecule has 0 atom stereocenters. The molecule has 0 radical (unpaired) electrons. The number of hydrogen-bond acceptors (Lipinski definition) is 6. The lowest BCUT2D eigenvalue weighted by Gasteiger charge is -2.31. The van der Waals surface area contributed by atoms with Gasteiger partial charge in [-0.05, 0) is 43.2 Å². The van der Waals surface area contributed by atoms with Crippen molar-refractivity contribution < 1.29 is 19.0 Å². The number of anilines is 3. The number of halogens is 2. The smallest absolute Gasteiger partial charge is 0.200 e. The number of fused-ring (bicyclic) bond motifs is 1. The SMILES string of the molecule is Oc1[nH]cc2nc(-c3c(F)cccc3F)cc(Nc3ccc(N4CCC(O)CC4)cn3)c12. The quantitative estimate of drug-likeness (QED) is 0.380. The molecule has 0 amide bonds. The van der Waals surface area contributed by atoms with Crippen LogP contribution in [0.5, 0.6) is 5.88 Å². The highest BCUT2D eigenvalue weighted by molar-refractivity contribution is 5.99. The Morgan fingerprint density at radius 2 is 1.84 bits per heavy atom. The van der Waals surface area contributed by atoms with E-state index >= 15 is 0 Å². The van der Waals surface area contributed by atoms with Gasteiger partial charge in [0.2, 0.25) is 0 Å². The second-order valence-electron chi connectivity index (χ2n) is 7.79. The van der Waals surface area contributed by atoms with E-state index in [9.17, 15) is 19.0 Å². The van der Waals surface area contributed by atoms with Crippen LogP contribution in [0.3, 0.4) is 0 Å². The average Bonchev–Trinajstić information content (AvgIpc) is 3.16. The van der Waals surface area contributed by atoms with Crippen molar-refractivity contribution in [1.29, 1.82) is 0 Å². The standard InChI is InChI=1S/C23H21F2N5O2/c24-15-2-1-3-16(25)21(15)17-10-18(22-19(28-17)12-27-23(22)32)29-20-5-4-13(11-26-20)30-8-6-14(31)7-9-30/h1-5,10-12,14,27,31-32H,6-9H2,(H,26,29). The maximum atomic E-state index is 14.4. The van der Waals surface area contributed by atoms with Crippen LogP contribution in [0.25, 0.3) is 22.2 Å². The van der Waals surface area contributed by atoms with Gasteiger partial charge in [0.05, 0.1) is 45.8 Å². The molecule has 0 aliphatic carbocycles. The molecule has 0 saturated carbocycles. The minimum Gasteiger partial charge on any atom is -0.494 e. The number of benzene rings is 1. The number of hydrogen-bond donors (Lipinski definition) is 4. The Morgan fingerprint density at radius 3 is 2.53 bits per heavy atom. The van der Waals surface area contributed by atoms with Gasteiger partial charge in [-0.15, -0.1) is 0 Å². The molecule has 1 aliphatic heterocycles. The van der Waals surface area contributed by atoms with Gasteiger partial charge in [0.1, 0.15) is 17.5 Å². The summed E-state index contributed by atoms with van der Waals surface area (Å²) in [5.74, 6) is -1.06. The highest BCUT2D eigenvalue weighted by Gasteiger charge is 2.19. The average molecular weight is 437 g/mol. The normalized spacial score (nSPS) is 14.8. The van der Waals surface area contributed by atoms with Gasteiger partial charge in [-0.1, -0.05) is 6.07 Å². The molecule has 0 spiro atoms. The molecule has 7 nitrogen and oxygen atoms in total. The van der Waals surface area contributed by atoms with Crippen LogP contribution < -0.4 is 10.2 Å². The van der Waals surface area contributed by atoms with Gasteiger partial charge in [0.25, 0.3) is 0 Å². The molecule has 3 aromatic heterocycles. The van der Waals surface area contributed by atoms with Crippen molar-refractivity contribution in [2.45, 2.75) is 18.9 Å². The summed E-state index contributed by atoms with van der Waals surface area (Å²) in [6.45, 7) is 1.52. The van der Waals surface area contributed by atoms with E-state index in [-0.39, 0.29) is 23.2 Å². The van der Waals surface area contributed by atoms with Crippen LogP contribution in [0.2, 0.25) is 0 Å². The van der Waals surface area contributed by atoms with Crippen LogP contribution in [-0.2, 0) is 0 Å². The van der Waals surface area contributed by atoms with Crippen LogP contribution in [-0.4, -0.2) is 44.4 Å². The second kappa shape index (κ2) is 8.08. The van der Waals surface area contributed by atoms with Crippen LogP contribution in [0.1, 0.15) is 12.8 Å². The molecule has 4 heterocycles. The lowest BCUT2D eigenvalue weighted by Crippen LogP contribution is -2.35. The number of aromatic nitrogens is 3. The molecule has 4 N–H and O–H groups in total. The first kappa shape index (κ1) is 20.2.